The summed E-state index contributed by atoms with van der Waals surface area (Å²) in [6.45, 7) is 7.41. The summed E-state index contributed by atoms with van der Waals surface area (Å²) >= 11 is -1.11. The molecule has 1 fully saturated rings. The van der Waals surface area contributed by atoms with Crippen molar-refractivity contribution in [2.75, 3.05) is 13.2 Å². The predicted octanol–water partition coefficient (Wildman–Crippen LogP) is 1.95. The summed E-state index contributed by atoms with van der Waals surface area (Å²) in [5.74, 6) is 0.454. The van der Waals surface area contributed by atoms with Crippen LogP contribution in [0.15, 0.2) is 4.40 Å². The van der Waals surface area contributed by atoms with Crippen LogP contribution in [0.3, 0.4) is 0 Å². The Labute approximate surface area is 89.3 Å². The largest absolute Gasteiger partial charge is 0.591 e. The molecule has 1 aliphatic rings. The quantitative estimate of drug-likeness (QED) is 0.524. The van der Waals surface area contributed by atoms with Crippen molar-refractivity contribution < 1.29 is 9.29 Å². The summed E-state index contributed by atoms with van der Waals surface area (Å²) in [5, 5.41) is 0. The van der Waals surface area contributed by atoms with Gasteiger partial charge in [0.15, 0.2) is 0 Å². The Bertz CT molecular complexity index is 195. The van der Waals surface area contributed by atoms with Crippen LogP contribution in [-0.2, 0) is 16.1 Å². The average molecular weight is 217 g/mol. The second-order valence-corrected chi connectivity index (χ2v) is 6.50. The van der Waals surface area contributed by atoms with E-state index in [1.165, 1.54) is 0 Å². The Morgan fingerprint density at radius 3 is 2.43 bits per heavy atom. The van der Waals surface area contributed by atoms with Gasteiger partial charge in [-0.3, -0.25) is 0 Å². The molecule has 0 radical (unpaired) electrons. The summed E-state index contributed by atoms with van der Waals surface area (Å²) in [6, 6.07) is 0. The van der Waals surface area contributed by atoms with Crippen LogP contribution in [0, 0.1) is 5.92 Å². The molecule has 0 aromatic carbocycles. The van der Waals surface area contributed by atoms with Gasteiger partial charge in [0.05, 0.1) is 6.21 Å². The highest BCUT2D eigenvalue weighted by Crippen LogP contribution is 2.18. The van der Waals surface area contributed by atoms with E-state index in [-0.39, 0.29) is 4.75 Å². The van der Waals surface area contributed by atoms with Crippen LogP contribution >= 0.6 is 0 Å². The van der Waals surface area contributed by atoms with Crippen molar-refractivity contribution >= 4 is 17.6 Å². The van der Waals surface area contributed by atoms with E-state index in [0.717, 1.165) is 26.1 Å². The van der Waals surface area contributed by atoms with Crippen molar-refractivity contribution in [3.63, 3.8) is 0 Å². The molecule has 0 amide bonds. The molecule has 4 heteroatoms. The van der Waals surface area contributed by atoms with Crippen molar-refractivity contribution in [2.24, 2.45) is 10.3 Å². The molecule has 0 spiro atoms. The minimum absolute atomic E-state index is 0.248. The van der Waals surface area contributed by atoms with E-state index in [1.54, 1.807) is 0 Å². The Balaban J connectivity index is 2.38. The van der Waals surface area contributed by atoms with E-state index in [4.69, 9.17) is 4.74 Å². The van der Waals surface area contributed by atoms with Crippen LogP contribution in [0.2, 0.25) is 0 Å². The number of ether oxygens (including phenoxy) is 1. The number of hydrogen-bond donors (Lipinski definition) is 0. The van der Waals surface area contributed by atoms with E-state index in [1.807, 2.05) is 27.0 Å². The molecule has 14 heavy (non-hydrogen) atoms. The second kappa shape index (κ2) is 5.14. The molecule has 3 nitrogen and oxygen atoms in total. The van der Waals surface area contributed by atoms with Crippen LogP contribution in [0.5, 0.6) is 0 Å². The topological polar surface area (TPSA) is 44.7 Å². The van der Waals surface area contributed by atoms with E-state index in [9.17, 15) is 4.55 Å². The van der Waals surface area contributed by atoms with Crippen LogP contribution in [0.25, 0.3) is 0 Å². The van der Waals surface area contributed by atoms with E-state index < -0.39 is 11.4 Å². The minimum Gasteiger partial charge on any atom is -0.591 e. The smallest absolute Gasteiger partial charge is 0.144 e. The SMILES string of the molecule is CC(C)(C)[S+]([O-])N=CC1CCOCC1. The normalized spacial score (nSPS) is 22.9. The molecule has 1 aliphatic heterocycles. The Morgan fingerprint density at radius 1 is 1.36 bits per heavy atom. The molecule has 0 saturated carbocycles. The van der Waals surface area contributed by atoms with Crippen LogP contribution in [0.4, 0.5) is 0 Å². The van der Waals surface area contributed by atoms with Gasteiger partial charge in [0.1, 0.15) is 16.1 Å². The third kappa shape index (κ3) is 3.98. The van der Waals surface area contributed by atoms with Gasteiger partial charge in [0.25, 0.3) is 0 Å². The van der Waals surface area contributed by atoms with Gasteiger partial charge in [0.2, 0.25) is 0 Å². The number of hydrogen-bond acceptors (Lipinski definition) is 3. The first-order valence-electron chi connectivity index (χ1n) is 5.04. The fraction of sp³-hybridized carbons (Fsp3) is 0.900. The molecule has 0 aromatic heterocycles. The van der Waals surface area contributed by atoms with Crippen LogP contribution in [-0.4, -0.2) is 28.7 Å². The lowest BCUT2D eigenvalue weighted by Gasteiger charge is -2.20. The van der Waals surface area contributed by atoms with E-state index in [2.05, 4.69) is 4.40 Å². The molecule has 82 valence electrons. The molecule has 0 bridgehead atoms. The van der Waals surface area contributed by atoms with Gasteiger partial charge in [-0.15, -0.1) is 0 Å². The van der Waals surface area contributed by atoms with Crippen molar-refractivity contribution in [3.05, 3.63) is 0 Å². The molecule has 1 atom stereocenters. The van der Waals surface area contributed by atoms with E-state index >= 15 is 0 Å². The summed E-state index contributed by atoms with van der Waals surface area (Å²) in [7, 11) is 0. The maximum absolute atomic E-state index is 11.6. The zero-order chi connectivity index (χ0) is 10.6. The zero-order valence-electron chi connectivity index (χ0n) is 9.16. The minimum atomic E-state index is -1.11. The highest BCUT2D eigenvalue weighted by molar-refractivity contribution is 7.91. The monoisotopic (exact) mass is 217 g/mol. The maximum Gasteiger partial charge on any atom is 0.144 e. The molecule has 1 saturated heterocycles. The van der Waals surface area contributed by atoms with Crippen molar-refractivity contribution in [2.45, 2.75) is 38.4 Å². The first-order chi connectivity index (χ1) is 6.50. The van der Waals surface area contributed by atoms with Gasteiger partial charge in [-0.2, -0.15) is 0 Å². The Morgan fingerprint density at radius 2 is 1.93 bits per heavy atom. The molecular weight excluding hydrogens is 198 g/mol. The van der Waals surface area contributed by atoms with Crippen molar-refractivity contribution in [1.82, 2.24) is 0 Å². The molecule has 1 rings (SSSR count). The molecule has 1 unspecified atom stereocenters. The third-order valence-corrected chi connectivity index (χ3v) is 3.52. The maximum atomic E-state index is 11.6. The van der Waals surface area contributed by atoms with E-state index in [0.29, 0.717) is 5.92 Å². The Hall–Kier alpha value is -0.0600. The van der Waals surface area contributed by atoms with Crippen molar-refractivity contribution in [3.8, 4) is 0 Å². The zero-order valence-corrected chi connectivity index (χ0v) is 9.97. The fourth-order valence-electron chi connectivity index (χ4n) is 1.16. The van der Waals surface area contributed by atoms with Crippen LogP contribution < -0.4 is 0 Å². The van der Waals surface area contributed by atoms with Gasteiger partial charge in [-0.05, 0) is 33.6 Å². The summed E-state index contributed by atoms with van der Waals surface area (Å²) in [5.41, 5.74) is 0. The lowest BCUT2D eigenvalue weighted by atomic mass is 10.0. The molecule has 0 aromatic rings. The highest BCUT2D eigenvalue weighted by atomic mass is 32.2. The Kier molecular flexibility index (Phi) is 4.41. The number of rotatable bonds is 2. The lowest BCUT2D eigenvalue weighted by Crippen LogP contribution is -2.26. The lowest BCUT2D eigenvalue weighted by molar-refractivity contribution is 0.0838. The predicted molar refractivity (Wildman–Crippen MR) is 59.9 cm³/mol. The van der Waals surface area contributed by atoms with Crippen LogP contribution in [0.1, 0.15) is 33.6 Å². The second-order valence-electron chi connectivity index (χ2n) is 4.57. The summed E-state index contributed by atoms with van der Waals surface area (Å²) in [6.07, 6.45) is 3.86. The average Bonchev–Trinajstić information content (AvgIpc) is 2.14. The first-order valence-corrected chi connectivity index (χ1v) is 6.15. The third-order valence-electron chi connectivity index (χ3n) is 2.16. The fourth-order valence-corrected chi connectivity index (χ4v) is 1.76. The molecule has 0 N–H and O–H groups in total. The summed E-state index contributed by atoms with van der Waals surface area (Å²) in [4.78, 5) is 0. The first kappa shape index (κ1) is 12.0. The summed E-state index contributed by atoms with van der Waals surface area (Å²) < 4.78 is 20.7. The van der Waals surface area contributed by atoms with Gasteiger partial charge in [-0.1, -0.05) is 4.40 Å². The van der Waals surface area contributed by atoms with Gasteiger partial charge in [0, 0.05) is 19.1 Å². The van der Waals surface area contributed by atoms with Gasteiger partial charge >= 0.3 is 0 Å². The molecule has 0 aliphatic carbocycles. The highest BCUT2D eigenvalue weighted by Gasteiger charge is 2.26. The van der Waals surface area contributed by atoms with Gasteiger partial charge < -0.3 is 9.29 Å². The molecule has 1 heterocycles. The number of nitrogens with zero attached hydrogens (tertiary/aromatic N) is 1. The van der Waals surface area contributed by atoms with Crippen molar-refractivity contribution in [1.29, 1.82) is 0 Å². The van der Waals surface area contributed by atoms with Gasteiger partial charge in [-0.25, -0.2) is 0 Å². The standard InChI is InChI=1S/C10H19NO2S/c1-10(2,3)14(12)11-8-9-4-6-13-7-5-9/h8-9H,4-7H2,1-3H3. The molecular formula is C10H19NO2S.